The quantitative estimate of drug-likeness (QED) is 0.669. The predicted octanol–water partition coefficient (Wildman–Crippen LogP) is 1.94. The van der Waals surface area contributed by atoms with Gasteiger partial charge in [-0.05, 0) is 31.2 Å². The van der Waals surface area contributed by atoms with Crippen molar-refractivity contribution in [3.63, 3.8) is 0 Å². The molecule has 0 atom stereocenters. The molecule has 5 nitrogen and oxygen atoms in total. The van der Waals surface area contributed by atoms with Crippen LogP contribution in [0, 0.1) is 6.92 Å². The van der Waals surface area contributed by atoms with Gasteiger partial charge in [-0.25, -0.2) is 0 Å². The average molecular weight is 301 g/mol. The first-order chi connectivity index (χ1) is 10.1. The van der Waals surface area contributed by atoms with Crippen molar-refractivity contribution >= 4 is 23.6 Å². The molecule has 0 aliphatic carbocycles. The van der Waals surface area contributed by atoms with E-state index in [1.165, 1.54) is 29.7 Å². The maximum absolute atomic E-state index is 11.7. The molecule has 108 valence electrons. The standard InChI is InChI=1S/C15H15N3O2S/c1-11-2-4-13(5-3-11)21-10-14(19)17-18-15(20)12-6-8-16-9-7-12/h2-9H,10H2,1H3,(H,17,19)(H,18,20). The van der Waals surface area contributed by atoms with Gasteiger partial charge in [0.25, 0.3) is 5.91 Å². The molecular weight excluding hydrogens is 286 g/mol. The molecule has 0 saturated carbocycles. The number of pyridine rings is 1. The molecule has 2 amide bonds. The van der Waals surface area contributed by atoms with E-state index < -0.39 is 0 Å². The molecule has 0 aliphatic heterocycles. The second kappa shape index (κ2) is 7.44. The van der Waals surface area contributed by atoms with Crippen molar-refractivity contribution < 1.29 is 9.59 Å². The summed E-state index contributed by atoms with van der Waals surface area (Å²) in [6, 6.07) is 11.0. The van der Waals surface area contributed by atoms with Crippen LogP contribution in [0.3, 0.4) is 0 Å². The van der Waals surface area contributed by atoms with E-state index in [0.29, 0.717) is 5.56 Å². The number of hydrogen-bond acceptors (Lipinski definition) is 4. The minimum Gasteiger partial charge on any atom is -0.272 e. The summed E-state index contributed by atoms with van der Waals surface area (Å²) in [5.41, 5.74) is 6.36. The summed E-state index contributed by atoms with van der Waals surface area (Å²) in [5.74, 6) is -0.395. The zero-order valence-electron chi connectivity index (χ0n) is 11.5. The van der Waals surface area contributed by atoms with Gasteiger partial charge < -0.3 is 0 Å². The van der Waals surface area contributed by atoms with E-state index in [1.807, 2.05) is 31.2 Å². The van der Waals surface area contributed by atoms with Gasteiger partial charge >= 0.3 is 0 Å². The summed E-state index contributed by atoms with van der Waals surface area (Å²) in [7, 11) is 0. The smallest absolute Gasteiger partial charge is 0.269 e. The van der Waals surface area contributed by atoms with Crippen LogP contribution in [0.2, 0.25) is 0 Å². The molecule has 0 saturated heterocycles. The van der Waals surface area contributed by atoms with Crippen LogP contribution >= 0.6 is 11.8 Å². The summed E-state index contributed by atoms with van der Waals surface area (Å²) in [6.45, 7) is 2.01. The molecule has 0 radical (unpaired) electrons. The zero-order chi connectivity index (χ0) is 15.1. The number of nitrogens with one attached hydrogen (secondary N) is 2. The van der Waals surface area contributed by atoms with Crippen LogP contribution < -0.4 is 10.9 Å². The van der Waals surface area contributed by atoms with E-state index in [2.05, 4.69) is 15.8 Å². The van der Waals surface area contributed by atoms with Gasteiger partial charge in [-0.2, -0.15) is 0 Å². The van der Waals surface area contributed by atoms with E-state index in [4.69, 9.17) is 0 Å². The molecule has 0 unspecified atom stereocenters. The molecule has 1 heterocycles. The molecule has 0 fully saturated rings. The molecule has 6 heteroatoms. The van der Waals surface area contributed by atoms with Gasteiger partial charge in [0, 0.05) is 22.9 Å². The van der Waals surface area contributed by atoms with E-state index >= 15 is 0 Å². The molecular formula is C15H15N3O2S. The van der Waals surface area contributed by atoms with Crippen molar-refractivity contribution in [1.82, 2.24) is 15.8 Å². The molecule has 0 bridgehead atoms. The van der Waals surface area contributed by atoms with Crippen LogP contribution in [0.4, 0.5) is 0 Å². The number of benzene rings is 1. The first-order valence-electron chi connectivity index (χ1n) is 6.34. The van der Waals surface area contributed by atoms with Gasteiger partial charge in [0.05, 0.1) is 5.75 Å². The van der Waals surface area contributed by atoms with E-state index in [-0.39, 0.29) is 17.6 Å². The average Bonchev–Trinajstić information content (AvgIpc) is 2.53. The lowest BCUT2D eigenvalue weighted by Gasteiger charge is -2.07. The summed E-state index contributed by atoms with van der Waals surface area (Å²) >= 11 is 1.41. The minimum absolute atomic E-state index is 0.236. The normalized spacial score (nSPS) is 9.95. The Morgan fingerprint density at radius 3 is 2.38 bits per heavy atom. The monoisotopic (exact) mass is 301 g/mol. The van der Waals surface area contributed by atoms with E-state index in [0.717, 1.165) is 4.90 Å². The van der Waals surface area contributed by atoms with Crippen LogP contribution in [0.15, 0.2) is 53.7 Å². The highest BCUT2D eigenvalue weighted by Gasteiger charge is 2.07. The van der Waals surface area contributed by atoms with Crippen molar-refractivity contribution in [2.24, 2.45) is 0 Å². The fourth-order valence-electron chi connectivity index (χ4n) is 1.52. The fraction of sp³-hybridized carbons (Fsp3) is 0.133. The molecule has 2 aromatic rings. The van der Waals surface area contributed by atoms with Crippen molar-refractivity contribution in [3.05, 3.63) is 59.9 Å². The number of nitrogens with zero attached hydrogens (tertiary/aromatic N) is 1. The van der Waals surface area contributed by atoms with Gasteiger partial charge in [0.15, 0.2) is 0 Å². The Balaban J connectivity index is 1.75. The van der Waals surface area contributed by atoms with Crippen molar-refractivity contribution in [2.75, 3.05) is 5.75 Å². The highest BCUT2D eigenvalue weighted by molar-refractivity contribution is 8.00. The molecule has 1 aromatic heterocycles. The maximum Gasteiger partial charge on any atom is 0.269 e. The lowest BCUT2D eigenvalue weighted by molar-refractivity contribution is -0.119. The van der Waals surface area contributed by atoms with Crippen molar-refractivity contribution in [3.8, 4) is 0 Å². The number of hydrazine groups is 1. The number of aryl methyl sites for hydroxylation is 1. The van der Waals surface area contributed by atoms with Crippen LogP contribution in [0.25, 0.3) is 0 Å². The van der Waals surface area contributed by atoms with Crippen LogP contribution in [-0.2, 0) is 4.79 Å². The van der Waals surface area contributed by atoms with Gasteiger partial charge in [0.2, 0.25) is 5.91 Å². The molecule has 0 spiro atoms. The number of aromatic nitrogens is 1. The highest BCUT2D eigenvalue weighted by atomic mass is 32.2. The topological polar surface area (TPSA) is 71.1 Å². The Kier molecular flexibility index (Phi) is 5.34. The Labute approximate surface area is 127 Å². The van der Waals surface area contributed by atoms with Gasteiger partial charge in [-0.1, -0.05) is 17.7 Å². The van der Waals surface area contributed by atoms with E-state index in [1.54, 1.807) is 12.1 Å². The molecule has 21 heavy (non-hydrogen) atoms. The Morgan fingerprint density at radius 1 is 1.05 bits per heavy atom. The van der Waals surface area contributed by atoms with Crippen molar-refractivity contribution in [2.45, 2.75) is 11.8 Å². The first-order valence-corrected chi connectivity index (χ1v) is 7.32. The molecule has 2 N–H and O–H groups in total. The third kappa shape index (κ3) is 4.92. The maximum atomic E-state index is 11.7. The molecule has 0 aliphatic rings. The number of rotatable bonds is 4. The zero-order valence-corrected chi connectivity index (χ0v) is 12.3. The summed E-state index contributed by atoms with van der Waals surface area (Å²) in [5, 5.41) is 0. The number of thioether (sulfide) groups is 1. The number of carbonyl (C=O) groups is 2. The van der Waals surface area contributed by atoms with Crippen LogP contribution in [-0.4, -0.2) is 22.6 Å². The molecule has 2 rings (SSSR count). The third-order valence-corrected chi connectivity index (χ3v) is 3.66. The first kappa shape index (κ1) is 15.1. The van der Waals surface area contributed by atoms with Crippen molar-refractivity contribution in [1.29, 1.82) is 0 Å². The van der Waals surface area contributed by atoms with Crippen LogP contribution in [0.1, 0.15) is 15.9 Å². The van der Waals surface area contributed by atoms with E-state index in [9.17, 15) is 9.59 Å². The van der Waals surface area contributed by atoms with Gasteiger partial charge in [-0.3, -0.25) is 25.4 Å². The lowest BCUT2D eigenvalue weighted by atomic mass is 10.2. The number of carbonyl (C=O) groups excluding carboxylic acids is 2. The summed E-state index contributed by atoms with van der Waals surface area (Å²) in [6.07, 6.45) is 3.04. The predicted molar refractivity (Wildman–Crippen MR) is 81.7 cm³/mol. The second-order valence-corrected chi connectivity index (χ2v) is 5.39. The number of amides is 2. The number of hydrogen-bond donors (Lipinski definition) is 2. The van der Waals surface area contributed by atoms with Gasteiger partial charge in [0.1, 0.15) is 0 Å². The lowest BCUT2D eigenvalue weighted by Crippen LogP contribution is -2.42. The third-order valence-electron chi connectivity index (χ3n) is 2.65. The van der Waals surface area contributed by atoms with Crippen LogP contribution in [0.5, 0.6) is 0 Å². The summed E-state index contributed by atoms with van der Waals surface area (Å²) in [4.78, 5) is 28.2. The molecule has 1 aromatic carbocycles. The summed E-state index contributed by atoms with van der Waals surface area (Å²) < 4.78 is 0. The van der Waals surface area contributed by atoms with Gasteiger partial charge in [-0.15, -0.1) is 11.8 Å². The minimum atomic E-state index is -0.369. The fourth-order valence-corrected chi connectivity index (χ4v) is 2.22. The Hall–Kier alpha value is -2.34. The Morgan fingerprint density at radius 2 is 1.71 bits per heavy atom. The second-order valence-electron chi connectivity index (χ2n) is 4.34. The highest BCUT2D eigenvalue weighted by Crippen LogP contribution is 2.17. The largest absolute Gasteiger partial charge is 0.272 e. The SMILES string of the molecule is Cc1ccc(SCC(=O)NNC(=O)c2ccncc2)cc1. The Bertz CT molecular complexity index is 615.